The van der Waals surface area contributed by atoms with Gasteiger partial charge in [0.05, 0.1) is 19.8 Å². The molecular weight excluding hydrogens is 252 g/mol. The lowest BCUT2D eigenvalue weighted by Crippen LogP contribution is -2.47. The van der Waals surface area contributed by atoms with Gasteiger partial charge in [-0.15, -0.1) is 0 Å². The Hall–Kier alpha value is -1.10. The summed E-state index contributed by atoms with van der Waals surface area (Å²) < 4.78 is 11.1. The highest BCUT2D eigenvalue weighted by molar-refractivity contribution is 5.29. The molecule has 0 radical (unpaired) electrons. The Morgan fingerprint density at radius 1 is 1.40 bits per heavy atom. The molecule has 1 heterocycles. The van der Waals surface area contributed by atoms with E-state index in [9.17, 15) is 0 Å². The molecule has 112 valence electrons. The first-order valence-electron chi connectivity index (χ1n) is 7.52. The number of morpholine rings is 1. The lowest BCUT2D eigenvalue weighted by molar-refractivity contribution is -0.0209. The van der Waals surface area contributed by atoms with Gasteiger partial charge in [0, 0.05) is 25.2 Å². The van der Waals surface area contributed by atoms with Crippen LogP contribution in [0.2, 0.25) is 0 Å². The van der Waals surface area contributed by atoms with Crippen LogP contribution >= 0.6 is 0 Å². The minimum Gasteiger partial charge on any atom is -0.494 e. The quantitative estimate of drug-likeness (QED) is 0.866. The standard InChI is InChI=1S/C16H26N2O2/c1-3-9-20-15-6-4-14(5-7-15)16(11-17)18-8-10-19-12-13(18)2/h4-7,13,16H,3,8-12,17H2,1-2H3. The van der Waals surface area contributed by atoms with E-state index < -0.39 is 0 Å². The minimum absolute atomic E-state index is 0.258. The fourth-order valence-corrected chi connectivity index (χ4v) is 2.67. The largest absolute Gasteiger partial charge is 0.494 e. The Kier molecular flexibility index (Phi) is 5.83. The number of ether oxygens (including phenoxy) is 2. The fourth-order valence-electron chi connectivity index (χ4n) is 2.67. The van der Waals surface area contributed by atoms with E-state index in [-0.39, 0.29) is 6.04 Å². The monoisotopic (exact) mass is 278 g/mol. The molecule has 0 saturated carbocycles. The van der Waals surface area contributed by atoms with E-state index in [1.807, 2.05) is 12.1 Å². The molecule has 2 rings (SSSR count). The van der Waals surface area contributed by atoms with Crippen molar-refractivity contribution < 1.29 is 9.47 Å². The zero-order valence-electron chi connectivity index (χ0n) is 12.5. The maximum Gasteiger partial charge on any atom is 0.119 e. The number of benzene rings is 1. The van der Waals surface area contributed by atoms with Crippen molar-refractivity contribution in [2.75, 3.05) is 32.9 Å². The maximum atomic E-state index is 6.00. The molecule has 4 nitrogen and oxygen atoms in total. The van der Waals surface area contributed by atoms with Crippen molar-refractivity contribution in [3.05, 3.63) is 29.8 Å². The van der Waals surface area contributed by atoms with Gasteiger partial charge in [-0.3, -0.25) is 4.90 Å². The molecule has 1 aliphatic rings. The van der Waals surface area contributed by atoms with Crippen LogP contribution in [0.4, 0.5) is 0 Å². The molecule has 0 bridgehead atoms. The van der Waals surface area contributed by atoms with Gasteiger partial charge in [-0.1, -0.05) is 19.1 Å². The molecule has 1 aliphatic heterocycles. The SMILES string of the molecule is CCCOc1ccc(C(CN)N2CCOCC2C)cc1. The molecule has 1 saturated heterocycles. The maximum absolute atomic E-state index is 6.00. The van der Waals surface area contributed by atoms with Crippen molar-refractivity contribution in [3.63, 3.8) is 0 Å². The Bertz CT molecular complexity index is 394. The summed E-state index contributed by atoms with van der Waals surface area (Å²) in [6, 6.07) is 9.01. The van der Waals surface area contributed by atoms with E-state index in [1.165, 1.54) is 5.56 Å². The van der Waals surface area contributed by atoms with Crippen LogP contribution in [0.1, 0.15) is 31.9 Å². The van der Waals surface area contributed by atoms with E-state index in [1.54, 1.807) is 0 Å². The summed E-state index contributed by atoms with van der Waals surface area (Å²) in [5.41, 5.74) is 7.26. The average molecular weight is 278 g/mol. The predicted octanol–water partition coefficient (Wildman–Crippen LogP) is 2.20. The molecule has 2 N–H and O–H groups in total. The Balaban J connectivity index is 2.06. The minimum atomic E-state index is 0.258. The van der Waals surface area contributed by atoms with Gasteiger partial charge in [0.25, 0.3) is 0 Å². The molecule has 1 aromatic carbocycles. The highest BCUT2D eigenvalue weighted by atomic mass is 16.5. The van der Waals surface area contributed by atoms with Crippen molar-refractivity contribution in [2.24, 2.45) is 5.73 Å². The third-order valence-electron chi connectivity index (χ3n) is 3.78. The van der Waals surface area contributed by atoms with Crippen LogP contribution in [0.3, 0.4) is 0 Å². The smallest absolute Gasteiger partial charge is 0.119 e. The predicted molar refractivity (Wildman–Crippen MR) is 81.0 cm³/mol. The molecule has 2 unspecified atom stereocenters. The van der Waals surface area contributed by atoms with Gasteiger partial charge in [-0.25, -0.2) is 0 Å². The average Bonchev–Trinajstić information content (AvgIpc) is 2.49. The molecule has 20 heavy (non-hydrogen) atoms. The van der Waals surface area contributed by atoms with E-state index >= 15 is 0 Å². The van der Waals surface area contributed by atoms with Gasteiger partial charge in [-0.05, 0) is 31.0 Å². The topological polar surface area (TPSA) is 47.7 Å². The first kappa shape index (κ1) is 15.3. The van der Waals surface area contributed by atoms with Gasteiger partial charge in [0.1, 0.15) is 5.75 Å². The molecular formula is C16H26N2O2. The Morgan fingerprint density at radius 2 is 2.15 bits per heavy atom. The molecule has 0 aromatic heterocycles. The summed E-state index contributed by atoms with van der Waals surface area (Å²) in [5.74, 6) is 0.932. The van der Waals surface area contributed by atoms with Crippen LogP contribution in [-0.4, -0.2) is 43.9 Å². The van der Waals surface area contributed by atoms with Gasteiger partial charge >= 0.3 is 0 Å². The summed E-state index contributed by atoms with van der Waals surface area (Å²) in [6.45, 7) is 8.21. The van der Waals surface area contributed by atoms with Crippen LogP contribution in [0.15, 0.2) is 24.3 Å². The fraction of sp³-hybridized carbons (Fsp3) is 0.625. The van der Waals surface area contributed by atoms with Crippen molar-refractivity contribution >= 4 is 0 Å². The second kappa shape index (κ2) is 7.62. The molecule has 2 atom stereocenters. The second-order valence-corrected chi connectivity index (χ2v) is 5.33. The number of hydrogen-bond donors (Lipinski definition) is 1. The van der Waals surface area contributed by atoms with Crippen molar-refractivity contribution in [1.82, 2.24) is 4.90 Å². The van der Waals surface area contributed by atoms with Crippen molar-refractivity contribution in [3.8, 4) is 5.75 Å². The van der Waals surface area contributed by atoms with Crippen LogP contribution in [0.25, 0.3) is 0 Å². The zero-order chi connectivity index (χ0) is 14.4. The highest BCUT2D eigenvalue weighted by Crippen LogP contribution is 2.25. The van der Waals surface area contributed by atoms with Gasteiger partial charge in [0.2, 0.25) is 0 Å². The van der Waals surface area contributed by atoms with Crippen molar-refractivity contribution in [2.45, 2.75) is 32.4 Å². The van der Waals surface area contributed by atoms with E-state index in [4.69, 9.17) is 15.2 Å². The Morgan fingerprint density at radius 3 is 2.75 bits per heavy atom. The lowest BCUT2D eigenvalue weighted by Gasteiger charge is -2.39. The summed E-state index contributed by atoms with van der Waals surface area (Å²) in [4.78, 5) is 2.44. The molecule has 1 fully saturated rings. The first-order chi connectivity index (χ1) is 9.76. The summed E-state index contributed by atoms with van der Waals surface area (Å²) in [5, 5.41) is 0. The van der Waals surface area contributed by atoms with Gasteiger partial charge < -0.3 is 15.2 Å². The third-order valence-corrected chi connectivity index (χ3v) is 3.78. The van der Waals surface area contributed by atoms with Crippen LogP contribution < -0.4 is 10.5 Å². The lowest BCUT2D eigenvalue weighted by atomic mass is 10.0. The van der Waals surface area contributed by atoms with Crippen LogP contribution in [0.5, 0.6) is 5.75 Å². The molecule has 0 amide bonds. The van der Waals surface area contributed by atoms with E-state index in [0.29, 0.717) is 12.6 Å². The summed E-state index contributed by atoms with van der Waals surface area (Å²) in [7, 11) is 0. The van der Waals surface area contributed by atoms with Gasteiger partial charge in [-0.2, -0.15) is 0 Å². The number of rotatable bonds is 6. The second-order valence-electron chi connectivity index (χ2n) is 5.33. The normalized spacial score (nSPS) is 21.6. The number of nitrogens with zero attached hydrogens (tertiary/aromatic N) is 1. The van der Waals surface area contributed by atoms with Crippen LogP contribution in [-0.2, 0) is 4.74 Å². The van der Waals surface area contributed by atoms with Gasteiger partial charge in [0.15, 0.2) is 0 Å². The highest BCUT2D eigenvalue weighted by Gasteiger charge is 2.26. The molecule has 0 spiro atoms. The van der Waals surface area contributed by atoms with Crippen molar-refractivity contribution in [1.29, 1.82) is 0 Å². The molecule has 0 aliphatic carbocycles. The summed E-state index contributed by atoms with van der Waals surface area (Å²) in [6.07, 6.45) is 1.03. The Labute approximate surface area is 121 Å². The van der Waals surface area contributed by atoms with E-state index in [2.05, 4.69) is 30.9 Å². The molecule has 1 aromatic rings. The van der Waals surface area contributed by atoms with E-state index in [0.717, 1.165) is 38.5 Å². The zero-order valence-corrected chi connectivity index (χ0v) is 12.5. The number of nitrogens with two attached hydrogens (primary N) is 1. The van der Waals surface area contributed by atoms with Crippen LogP contribution in [0, 0.1) is 0 Å². The molecule has 4 heteroatoms. The first-order valence-corrected chi connectivity index (χ1v) is 7.52. The third kappa shape index (κ3) is 3.72. The summed E-state index contributed by atoms with van der Waals surface area (Å²) >= 11 is 0. The number of hydrogen-bond acceptors (Lipinski definition) is 4.